The molecule has 2 aromatic rings. The predicted octanol–water partition coefficient (Wildman–Crippen LogP) is 4.58. The van der Waals surface area contributed by atoms with Crippen LogP contribution in [-0.2, 0) is 20.5 Å². The molecule has 1 aliphatic carbocycles. The molecule has 4 nitrogen and oxygen atoms in total. The third-order valence-electron chi connectivity index (χ3n) is 7.66. The quantitative estimate of drug-likeness (QED) is 0.718. The highest BCUT2D eigenvalue weighted by Gasteiger charge is 2.50. The monoisotopic (exact) mass is 421 g/mol. The number of piperidine rings is 1. The molecular weight excluding hydrogens is 386 g/mol. The van der Waals surface area contributed by atoms with Crippen molar-refractivity contribution < 1.29 is 14.6 Å². The summed E-state index contributed by atoms with van der Waals surface area (Å²) in [6.07, 6.45) is 5.51. The van der Waals surface area contributed by atoms with Crippen molar-refractivity contribution in [1.29, 1.82) is 0 Å². The van der Waals surface area contributed by atoms with Crippen molar-refractivity contribution in [2.45, 2.75) is 56.5 Å². The highest BCUT2D eigenvalue weighted by molar-refractivity contribution is 5.84. The second-order valence-corrected chi connectivity index (χ2v) is 9.47. The van der Waals surface area contributed by atoms with Crippen LogP contribution in [-0.4, -0.2) is 42.7 Å². The van der Waals surface area contributed by atoms with E-state index in [1.165, 1.54) is 12.7 Å². The van der Waals surface area contributed by atoms with Gasteiger partial charge in [0, 0.05) is 19.6 Å². The van der Waals surface area contributed by atoms with E-state index in [9.17, 15) is 9.90 Å². The zero-order valence-electron chi connectivity index (χ0n) is 18.8. The van der Waals surface area contributed by atoms with Crippen molar-refractivity contribution in [3.8, 4) is 0 Å². The molecule has 1 heterocycles. The molecule has 1 saturated carbocycles. The second-order valence-electron chi connectivity index (χ2n) is 9.47. The van der Waals surface area contributed by atoms with Crippen LogP contribution < -0.4 is 0 Å². The van der Waals surface area contributed by atoms with E-state index >= 15 is 0 Å². The van der Waals surface area contributed by atoms with Crippen molar-refractivity contribution in [2.75, 3.05) is 26.7 Å². The minimum Gasteiger partial charge on any atom is -0.468 e. The number of ether oxygens (including phenoxy) is 1. The maximum absolute atomic E-state index is 13.2. The fourth-order valence-electron chi connectivity index (χ4n) is 5.75. The summed E-state index contributed by atoms with van der Waals surface area (Å²) < 4.78 is 5.39. The van der Waals surface area contributed by atoms with Crippen LogP contribution >= 0.6 is 0 Å². The van der Waals surface area contributed by atoms with Gasteiger partial charge in [0.25, 0.3) is 0 Å². The van der Waals surface area contributed by atoms with Gasteiger partial charge in [0.15, 0.2) is 0 Å². The van der Waals surface area contributed by atoms with Crippen molar-refractivity contribution in [2.24, 2.45) is 5.92 Å². The number of likely N-dealkylation sites (tertiary alicyclic amines) is 1. The lowest BCUT2D eigenvalue weighted by atomic mass is 9.62. The Morgan fingerprint density at radius 2 is 1.68 bits per heavy atom. The molecule has 1 N–H and O–H groups in total. The molecule has 1 saturated heterocycles. The number of rotatable bonds is 5. The molecule has 166 valence electrons. The van der Waals surface area contributed by atoms with Gasteiger partial charge in [-0.2, -0.15) is 0 Å². The van der Waals surface area contributed by atoms with Gasteiger partial charge in [0.2, 0.25) is 0 Å². The molecule has 31 heavy (non-hydrogen) atoms. The number of methoxy groups -OCH3 is 1. The Morgan fingerprint density at radius 3 is 2.32 bits per heavy atom. The number of carbonyl (C=O) groups excluding carboxylic acids is 1. The number of hydrogen-bond donors (Lipinski definition) is 1. The number of hydrogen-bond acceptors (Lipinski definition) is 4. The standard InChI is InChI=1S/C27H35NO3/c1-21-11-13-23(14-12-21)27(25(29)31-2)15-7-6-10-24(27)20-28-18-16-26(30,17-19-28)22-8-4-3-5-9-22/h3-5,8-9,11-14,24,30H,6-7,10,15-20H2,1-2H3/t24-,27+/m1/s1. The van der Waals surface area contributed by atoms with Gasteiger partial charge in [-0.25, -0.2) is 0 Å². The molecular formula is C27H35NO3. The summed E-state index contributed by atoms with van der Waals surface area (Å²) in [6.45, 7) is 4.63. The number of benzene rings is 2. The highest BCUT2D eigenvalue weighted by atomic mass is 16.5. The average molecular weight is 422 g/mol. The van der Waals surface area contributed by atoms with Crippen LogP contribution in [0.3, 0.4) is 0 Å². The van der Waals surface area contributed by atoms with Crippen LogP contribution in [0.15, 0.2) is 54.6 Å². The van der Waals surface area contributed by atoms with Crippen LogP contribution in [0.25, 0.3) is 0 Å². The van der Waals surface area contributed by atoms with E-state index in [4.69, 9.17) is 4.74 Å². The van der Waals surface area contributed by atoms with Crippen molar-refractivity contribution in [3.05, 3.63) is 71.3 Å². The number of esters is 1. The topological polar surface area (TPSA) is 49.8 Å². The van der Waals surface area contributed by atoms with Crippen LogP contribution in [0.5, 0.6) is 0 Å². The van der Waals surface area contributed by atoms with Crippen molar-refractivity contribution in [3.63, 3.8) is 0 Å². The Balaban J connectivity index is 1.53. The Hall–Kier alpha value is -2.17. The van der Waals surface area contributed by atoms with Crippen molar-refractivity contribution in [1.82, 2.24) is 4.90 Å². The van der Waals surface area contributed by atoms with Crippen LogP contribution in [0.1, 0.15) is 55.2 Å². The van der Waals surface area contributed by atoms with E-state index in [0.29, 0.717) is 0 Å². The molecule has 0 amide bonds. The molecule has 0 aromatic heterocycles. The maximum atomic E-state index is 13.2. The lowest BCUT2D eigenvalue weighted by Gasteiger charge is -2.46. The maximum Gasteiger partial charge on any atom is 0.316 e. The fraction of sp³-hybridized carbons (Fsp3) is 0.519. The zero-order chi connectivity index (χ0) is 21.9. The smallest absolute Gasteiger partial charge is 0.316 e. The summed E-state index contributed by atoms with van der Waals surface area (Å²) in [5.74, 6) is 0.123. The molecule has 1 aliphatic heterocycles. The largest absolute Gasteiger partial charge is 0.468 e. The lowest BCUT2D eigenvalue weighted by Crippen LogP contribution is -2.52. The molecule has 2 fully saturated rings. The first-order chi connectivity index (χ1) is 15.0. The van der Waals surface area contributed by atoms with E-state index in [1.807, 2.05) is 30.3 Å². The van der Waals surface area contributed by atoms with Gasteiger partial charge in [-0.3, -0.25) is 4.79 Å². The van der Waals surface area contributed by atoms with Gasteiger partial charge in [0.1, 0.15) is 0 Å². The van der Waals surface area contributed by atoms with Gasteiger partial charge < -0.3 is 14.7 Å². The molecule has 0 radical (unpaired) electrons. The number of nitrogens with zero attached hydrogens (tertiary/aromatic N) is 1. The first kappa shape index (κ1) is 22.0. The van der Waals surface area contributed by atoms with E-state index in [0.717, 1.165) is 69.3 Å². The average Bonchev–Trinajstić information content (AvgIpc) is 2.81. The van der Waals surface area contributed by atoms with Gasteiger partial charge in [-0.1, -0.05) is 73.0 Å². The van der Waals surface area contributed by atoms with Gasteiger partial charge in [-0.05, 0) is 49.7 Å². The van der Waals surface area contributed by atoms with Crippen molar-refractivity contribution >= 4 is 5.97 Å². The Labute approximate surface area is 186 Å². The summed E-state index contributed by atoms with van der Waals surface area (Å²) in [4.78, 5) is 15.7. The number of aryl methyl sites for hydroxylation is 1. The Morgan fingerprint density at radius 1 is 1.00 bits per heavy atom. The first-order valence-corrected chi connectivity index (χ1v) is 11.6. The molecule has 4 heteroatoms. The summed E-state index contributed by atoms with van der Waals surface area (Å²) in [6, 6.07) is 18.5. The van der Waals surface area contributed by atoms with Crippen LogP contribution in [0.4, 0.5) is 0 Å². The molecule has 0 bridgehead atoms. The Kier molecular flexibility index (Phi) is 6.49. The molecule has 0 spiro atoms. The normalized spacial score (nSPS) is 26.4. The Bertz CT molecular complexity index is 871. The van der Waals surface area contributed by atoms with Crippen LogP contribution in [0, 0.1) is 12.8 Å². The predicted molar refractivity (Wildman–Crippen MR) is 123 cm³/mol. The molecule has 4 rings (SSSR count). The molecule has 2 atom stereocenters. The first-order valence-electron chi connectivity index (χ1n) is 11.6. The summed E-state index contributed by atoms with van der Waals surface area (Å²) in [7, 11) is 1.52. The molecule has 2 aromatic carbocycles. The van der Waals surface area contributed by atoms with E-state index < -0.39 is 11.0 Å². The van der Waals surface area contributed by atoms with Gasteiger partial charge in [0.05, 0.1) is 18.1 Å². The summed E-state index contributed by atoms with van der Waals surface area (Å²) in [5.41, 5.74) is 1.98. The highest BCUT2D eigenvalue weighted by Crippen LogP contribution is 2.46. The van der Waals surface area contributed by atoms with E-state index in [-0.39, 0.29) is 11.9 Å². The van der Waals surface area contributed by atoms with Crippen LogP contribution in [0.2, 0.25) is 0 Å². The minimum atomic E-state index is -0.749. The third kappa shape index (κ3) is 4.28. The fourth-order valence-corrected chi connectivity index (χ4v) is 5.75. The summed E-state index contributed by atoms with van der Waals surface area (Å²) in [5, 5.41) is 11.2. The van der Waals surface area contributed by atoms with Gasteiger partial charge >= 0.3 is 5.97 Å². The van der Waals surface area contributed by atoms with E-state index in [2.05, 4.69) is 36.1 Å². The SMILES string of the molecule is COC(=O)[C@]1(c2ccc(C)cc2)CCCC[C@@H]1CN1CCC(O)(c2ccccc2)CC1. The molecule has 0 unspecified atom stereocenters. The van der Waals surface area contributed by atoms with Gasteiger partial charge in [-0.15, -0.1) is 0 Å². The number of carbonyl (C=O) groups is 1. The minimum absolute atomic E-state index is 0.0983. The second kappa shape index (κ2) is 9.13. The zero-order valence-corrected chi connectivity index (χ0v) is 18.8. The third-order valence-corrected chi connectivity index (χ3v) is 7.66. The molecule has 2 aliphatic rings. The number of aliphatic hydroxyl groups is 1. The van der Waals surface area contributed by atoms with E-state index in [1.54, 1.807) is 0 Å². The summed E-state index contributed by atoms with van der Waals surface area (Å²) >= 11 is 0. The lowest BCUT2D eigenvalue weighted by molar-refractivity contribution is -0.152.